The van der Waals surface area contributed by atoms with Gasteiger partial charge in [-0.05, 0) is 52.7 Å². The van der Waals surface area contributed by atoms with Crippen molar-refractivity contribution in [2.75, 3.05) is 13.2 Å². The van der Waals surface area contributed by atoms with Crippen molar-refractivity contribution < 1.29 is 23.5 Å². The van der Waals surface area contributed by atoms with Crippen molar-refractivity contribution in [1.29, 1.82) is 0 Å². The van der Waals surface area contributed by atoms with E-state index in [1.54, 1.807) is 19.9 Å². The third-order valence-electron chi connectivity index (χ3n) is 4.88. The molecule has 0 aromatic carbocycles. The smallest absolute Gasteiger partial charge is 0.342 e. The van der Waals surface area contributed by atoms with E-state index in [2.05, 4.69) is 4.57 Å². The van der Waals surface area contributed by atoms with Gasteiger partial charge in [0.15, 0.2) is 6.61 Å². The van der Waals surface area contributed by atoms with Gasteiger partial charge in [-0.1, -0.05) is 0 Å². The molecule has 0 unspecified atom stereocenters. The molecule has 0 radical (unpaired) electrons. The molecule has 0 saturated carbocycles. The van der Waals surface area contributed by atoms with E-state index in [-0.39, 0.29) is 18.5 Å². The predicted molar refractivity (Wildman–Crippen MR) is 95.7 cm³/mol. The quantitative estimate of drug-likeness (QED) is 0.583. The molecule has 1 aliphatic heterocycles. The van der Waals surface area contributed by atoms with Crippen LogP contribution in [0.5, 0.6) is 0 Å². The number of hydrogen-bond donors (Lipinski definition) is 0. The van der Waals surface area contributed by atoms with Gasteiger partial charge < -0.3 is 18.5 Å². The van der Waals surface area contributed by atoms with E-state index >= 15 is 0 Å². The Hall–Kier alpha value is -2.34. The zero-order chi connectivity index (χ0) is 18.8. The van der Waals surface area contributed by atoms with Gasteiger partial charge in [0.05, 0.1) is 6.10 Å². The van der Waals surface area contributed by atoms with Crippen LogP contribution in [0, 0.1) is 27.7 Å². The molecule has 6 heteroatoms. The summed E-state index contributed by atoms with van der Waals surface area (Å²) in [5, 5.41) is 0. The number of ketones is 1. The lowest BCUT2D eigenvalue weighted by atomic mass is 10.1. The van der Waals surface area contributed by atoms with Crippen LogP contribution in [0.25, 0.3) is 0 Å². The maximum Gasteiger partial charge on any atom is 0.342 e. The van der Waals surface area contributed by atoms with Crippen LogP contribution >= 0.6 is 0 Å². The number of hydrogen-bond acceptors (Lipinski definition) is 5. The molecule has 1 saturated heterocycles. The monoisotopic (exact) mass is 359 g/mol. The number of aryl methyl sites for hydroxylation is 3. The summed E-state index contributed by atoms with van der Waals surface area (Å²) in [6.45, 7) is 8.62. The lowest BCUT2D eigenvalue weighted by Crippen LogP contribution is -2.18. The average Bonchev–Trinajstić information content (AvgIpc) is 3.29. The zero-order valence-corrected chi connectivity index (χ0v) is 15.8. The highest BCUT2D eigenvalue weighted by Crippen LogP contribution is 2.21. The average molecular weight is 359 g/mol. The van der Waals surface area contributed by atoms with E-state index < -0.39 is 5.97 Å². The second-order valence-corrected chi connectivity index (χ2v) is 6.86. The first-order chi connectivity index (χ1) is 12.4. The van der Waals surface area contributed by atoms with Crippen LogP contribution < -0.4 is 0 Å². The number of nitrogens with zero attached hydrogens (tertiary/aromatic N) is 1. The summed E-state index contributed by atoms with van der Waals surface area (Å²) in [4.78, 5) is 24.7. The van der Waals surface area contributed by atoms with E-state index in [0.717, 1.165) is 37.4 Å². The van der Waals surface area contributed by atoms with E-state index in [1.165, 1.54) is 0 Å². The Balaban J connectivity index is 1.66. The van der Waals surface area contributed by atoms with Gasteiger partial charge in [-0.15, -0.1) is 0 Å². The zero-order valence-electron chi connectivity index (χ0n) is 15.8. The van der Waals surface area contributed by atoms with E-state index in [0.29, 0.717) is 22.6 Å². The number of Topliss-reactive ketones (excluding diaryl/α,β-unsaturated/α-hetero) is 1. The Morgan fingerprint density at radius 2 is 1.96 bits per heavy atom. The van der Waals surface area contributed by atoms with Gasteiger partial charge in [0, 0.05) is 30.1 Å². The lowest BCUT2D eigenvalue weighted by Gasteiger charge is -2.14. The highest BCUT2D eigenvalue weighted by Gasteiger charge is 2.22. The summed E-state index contributed by atoms with van der Waals surface area (Å²) in [5.74, 6) is 0.386. The van der Waals surface area contributed by atoms with E-state index in [9.17, 15) is 9.59 Å². The van der Waals surface area contributed by atoms with Gasteiger partial charge in [0.25, 0.3) is 0 Å². The van der Waals surface area contributed by atoms with Gasteiger partial charge in [0.2, 0.25) is 5.78 Å². The SMILES string of the molecule is Cc1cc(C(=O)OCC(=O)c2cc(C)n(C[C@H]3CCCO3)c2C)c(C)o1. The molecule has 0 bridgehead atoms. The third-order valence-corrected chi connectivity index (χ3v) is 4.88. The number of ether oxygens (including phenoxy) is 2. The molecular formula is C20H25NO5. The van der Waals surface area contributed by atoms with Crippen molar-refractivity contribution in [2.24, 2.45) is 0 Å². The molecule has 1 fully saturated rings. The van der Waals surface area contributed by atoms with Crippen molar-refractivity contribution in [1.82, 2.24) is 4.57 Å². The van der Waals surface area contributed by atoms with Crippen molar-refractivity contribution in [3.8, 4) is 0 Å². The summed E-state index contributed by atoms with van der Waals surface area (Å²) in [6.07, 6.45) is 2.33. The fraction of sp³-hybridized carbons (Fsp3) is 0.500. The number of rotatable bonds is 6. The Kier molecular flexibility index (Phi) is 5.32. The standard InChI is InChI=1S/C20H25NO5/c1-12-8-17(14(3)21(12)10-16-6-5-7-24-16)19(22)11-25-20(23)18-9-13(2)26-15(18)4/h8-9,16H,5-7,10-11H2,1-4H3/t16-/m1/s1. The molecule has 0 amide bonds. The Labute approximate surface area is 153 Å². The molecule has 0 aliphatic carbocycles. The van der Waals surface area contributed by atoms with Crippen LogP contribution in [0.3, 0.4) is 0 Å². The van der Waals surface area contributed by atoms with Gasteiger partial charge in [0.1, 0.15) is 17.1 Å². The summed E-state index contributed by atoms with van der Waals surface area (Å²) in [5.41, 5.74) is 2.84. The summed E-state index contributed by atoms with van der Waals surface area (Å²) in [6, 6.07) is 3.48. The fourth-order valence-electron chi connectivity index (χ4n) is 3.48. The molecule has 0 N–H and O–H groups in total. The number of carbonyl (C=O) groups excluding carboxylic acids is 2. The molecule has 3 rings (SSSR count). The predicted octanol–water partition coefficient (Wildman–Crippen LogP) is 3.53. The second kappa shape index (κ2) is 7.50. The Bertz CT molecular complexity index is 824. The summed E-state index contributed by atoms with van der Waals surface area (Å²) < 4.78 is 18.3. The largest absolute Gasteiger partial charge is 0.466 e. The minimum absolute atomic E-state index is 0.202. The Morgan fingerprint density at radius 3 is 2.58 bits per heavy atom. The van der Waals surface area contributed by atoms with Gasteiger partial charge >= 0.3 is 5.97 Å². The van der Waals surface area contributed by atoms with Crippen molar-refractivity contribution in [3.63, 3.8) is 0 Å². The normalized spacial score (nSPS) is 16.8. The molecule has 1 atom stereocenters. The number of furan rings is 1. The van der Waals surface area contributed by atoms with Gasteiger partial charge in [-0.2, -0.15) is 0 Å². The Morgan fingerprint density at radius 1 is 1.19 bits per heavy atom. The van der Waals surface area contributed by atoms with Crippen LogP contribution in [0.15, 0.2) is 16.5 Å². The highest BCUT2D eigenvalue weighted by molar-refractivity contribution is 6.00. The molecule has 26 heavy (non-hydrogen) atoms. The molecule has 0 spiro atoms. The first-order valence-electron chi connectivity index (χ1n) is 8.92. The molecule has 6 nitrogen and oxygen atoms in total. The maximum atomic E-state index is 12.5. The first kappa shape index (κ1) is 18.5. The third kappa shape index (κ3) is 3.75. The topological polar surface area (TPSA) is 70.7 Å². The second-order valence-electron chi connectivity index (χ2n) is 6.86. The van der Waals surface area contributed by atoms with Crippen molar-refractivity contribution in [2.45, 2.75) is 53.2 Å². The molecule has 140 valence electrons. The van der Waals surface area contributed by atoms with Crippen LogP contribution in [-0.4, -0.2) is 35.6 Å². The first-order valence-corrected chi connectivity index (χ1v) is 8.92. The highest BCUT2D eigenvalue weighted by atomic mass is 16.5. The molecule has 3 heterocycles. The molecule has 2 aromatic rings. The van der Waals surface area contributed by atoms with E-state index in [4.69, 9.17) is 13.9 Å². The van der Waals surface area contributed by atoms with E-state index in [1.807, 2.05) is 19.9 Å². The summed E-state index contributed by atoms with van der Waals surface area (Å²) in [7, 11) is 0. The number of esters is 1. The molecule has 1 aliphatic rings. The van der Waals surface area contributed by atoms with Crippen LogP contribution in [-0.2, 0) is 16.0 Å². The fourth-order valence-corrected chi connectivity index (χ4v) is 3.48. The van der Waals surface area contributed by atoms with Crippen molar-refractivity contribution >= 4 is 11.8 Å². The van der Waals surface area contributed by atoms with Gasteiger partial charge in [-0.3, -0.25) is 4.79 Å². The molecular weight excluding hydrogens is 334 g/mol. The van der Waals surface area contributed by atoms with Crippen LogP contribution in [0.4, 0.5) is 0 Å². The number of carbonyl (C=O) groups is 2. The van der Waals surface area contributed by atoms with Crippen LogP contribution in [0.1, 0.15) is 56.5 Å². The van der Waals surface area contributed by atoms with Gasteiger partial charge in [-0.25, -0.2) is 4.79 Å². The minimum atomic E-state index is -0.541. The van der Waals surface area contributed by atoms with Crippen LogP contribution in [0.2, 0.25) is 0 Å². The lowest BCUT2D eigenvalue weighted by molar-refractivity contribution is 0.0472. The number of aromatic nitrogens is 1. The molecule has 2 aromatic heterocycles. The minimum Gasteiger partial charge on any atom is -0.466 e. The van der Waals surface area contributed by atoms with Crippen molar-refractivity contribution in [3.05, 3.63) is 46.2 Å². The maximum absolute atomic E-state index is 12.5. The summed E-state index contributed by atoms with van der Waals surface area (Å²) >= 11 is 0.